The van der Waals surface area contributed by atoms with Crippen LogP contribution in [0.15, 0.2) is 23.5 Å². The fraction of sp³-hybridized carbons (Fsp3) is 0.400. The molecule has 1 aromatic rings. The van der Waals surface area contributed by atoms with E-state index in [-0.39, 0.29) is 0 Å². The van der Waals surface area contributed by atoms with E-state index in [0.717, 1.165) is 17.0 Å². The lowest BCUT2D eigenvalue weighted by Crippen LogP contribution is -1.97. The van der Waals surface area contributed by atoms with E-state index in [2.05, 4.69) is 10.1 Å². The molecular weight excluding hydrogens is 164 g/mol. The van der Waals surface area contributed by atoms with Crippen LogP contribution in [0.4, 0.5) is 0 Å². The molecule has 70 valence electrons. The quantitative estimate of drug-likeness (QED) is 0.525. The zero-order valence-electron chi connectivity index (χ0n) is 8.24. The van der Waals surface area contributed by atoms with Crippen molar-refractivity contribution >= 4 is 5.71 Å². The average molecular weight is 178 g/mol. The van der Waals surface area contributed by atoms with Gasteiger partial charge in [0.2, 0.25) is 0 Å². The molecule has 1 heterocycles. The molecule has 0 aliphatic rings. The predicted octanol–water partition coefficient (Wildman–Crippen LogP) is 2.15. The number of nitrogens with zero attached hydrogens (tertiary/aromatic N) is 2. The van der Waals surface area contributed by atoms with Crippen molar-refractivity contribution in [2.75, 3.05) is 6.61 Å². The average Bonchev–Trinajstić information content (AvgIpc) is 2.15. The highest BCUT2D eigenvalue weighted by Gasteiger charge is 1.97. The fourth-order valence-electron chi connectivity index (χ4n) is 0.896. The molecule has 13 heavy (non-hydrogen) atoms. The highest BCUT2D eigenvalue weighted by atomic mass is 16.6. The minimum atomic E-state index is 0.594. The zero-order valence-corrected chi connectivity index (χ0v) is 8.24. The van der Waals surface area contributed by atoms with E-state index in [9.17, 15) is 0 Å². The van der Waals surface area contributed by atoms with E-state index in [0.29, 0.717) is 6.61 Å². The second-order valence-corrected chi connectivity index (χ2v) is 2.78. The summed E-state index contributed by atoms with van der Waals surface area (Å²) in [6.07, 6.45) is 1.80. The molecule has 3 nitrogen and oxygen atoms in total. The Labute approximate surface area is 78.4 Å². The Hall–Kier alpha value is -1.38. The Bertz CT molecular complexity index is 290. The number of hydrogen-bond acceptors (Lipinski definition) is 3. The third kappa shape index (κ3) is 2.86. The van der Waals surface area contributed by atoms with Crippen molar-refractivity contribution in [3.8, 4) is 0 Å². The third-order valence-electron chi connectivity index (χ3n) is 1.66. The van der Waals surface area contributed by atoms with Crippen molar-refractivity contribution in [2.45, 2.75) is 20.8 Å². The highest BCUT2D eigenvalue weighted by Crippen LogP contribution is 2.01. The summed E-state index contributed by atoms with van der Waals surface area (Å²) >= 11 is 0. The summed E-state index contributed by atoms with van der Waals surface area (Å²) in [5, 5.41) is 3.92. The first-order chi connectivity index (χ1) is 6.24. The standard InChI is InChI=1S/C10H14N2O/c1-4-13-12-9(3)10-6-5-8(2)11-7-10/h5-7H,4H2,1-3H3. The van der Waals surface area contributed by atoms with E-state index < -0.39 is 0 Å². The summed E-state index contributed by atoms with van der Waals surface area (Å²) in [5.41, 5.74) is 2.86. The van der Waals surface area contributed by atoms with Crippen LogP contribution in [0.1, 0.15) is 25.1 Å². The molecule has 0 saturated carbocycles. The highest BCUT2D eigenvalue weighted by molar-refractivity contribution is 5.97. The zero-order chi connectivity index (χ0) is 9.68. The van der Waals surface area contributed by atoms with Gasteiger partial charge in [-0.1, -0.05) is 5.16 Å². The van der Waals surface area contributed by atoms with Crippen molar-refractivity contribution in [3.63, 3.8) is 0 Å². The molecule has 0 aromatic carbocycles. The van der Waals surface area contributed by atoms with Gasteiger partial charge in [-0.25, -0.2) is 0 Å². The van der Waals surface area contributed by atoms with Crippen molar-refractivity contribution in [3.05, 3.63) is 29.6 Å². The van der Waals surface area contributed by atoms with Gasteiger partial charge in [0.05, 0.1) is 5.71 Å². The molecule has 0 radical (unpaired) electrons. The minimum absolute atomic E-state index is 0.594. The molecular formula is C10H14N2O. The summed E-state index contributed by atoms with van der Waals surface area (Å²) < 4.78 is 0. The van der Waals surface area contributed by atoms with Gasteiger partial charge in [-0.15, -0.1) is 0 Å². The molecule has 0 N–H and O–H groups in total. The van der Waals surface area contributed by atoms with Gasteiger partial charge in [0.15, 0.2) is 0 Å². The Morgan fingerprint density at radius 3 is 2.85 bits per heavy atom. The van der Waals surface area contributed by atoms with E-state index in [1.165, 1.54) is 0 Å². The summed E-state index contributed by atoms with van der Waals surface area (Å²) in [7, 11) is 0. The number of aromatic nitrogens is 1. The van der Waals surface area contributed by atoms with Crippen LogP contribution in [0.2, 0.25) is 0 Å². The van der Waals surface area contributed by atoms with Crippen LogP contribution in [0.25, 0.3) is 0 Å². The van der Waals surface area contributed by atoms with Crippen LogP contribution in [-0.4, -0.2) is 17.3 Å². The first-order valence-corrected chi connectivity index (χ1v) is 4.33. The Kier molecular flexibility index (Phi) is 3.43. The molecule has 0 unspecified atom stereocenters. The van der Waals surface area contributed by atoms with Crippen LogP contribution in [-0.2, 0) is 4.84 Å². The number of aryl methyl sites for hydroxylation is 1. The number of pyridine rings is 1. The summed E-state index contributed by atoms with van der Waals surface area (Å²) in [5.74, 6) is 0. The molecule has 0 fully saturated rings. The predicted molar refractivity (Wildman–Crippen MR) is 52.8 cm³/mol. The van der Waals surface area contributed by atoms with Gasteiger partial charge in [0.25, 0.3) is 0 Å². The molecule has 0 saturated heterocycles. The van der Waals surface area contributed by atoms with Gasteiger partial charge in [0.1, 0.15) is 6.61 Å². The minimum Gasteiger partial charge on any atom is -0.396 e. The molecule has 0 atom stereocenters. The Balaban J connectivity index is 2.77. The van der Waals surface area contributed by atoms with E-state index in [4.69, 9.17) is 4.84 Å². The summed E-state index contributed by atoms with van der Waals surface area (Å²) in [6, 6.07) is 3.94. The summed E-state index contributed by atoms with van der Waals surface area (Å²) in [4.78, 5) is 9.11. The van der Waals surface area contributed by atoms with Gasteiger partial charge in [-0.05, 0) is 32.9 Å². The van der Waals surface area contributed by atoms with Crippen LogP contribution in [0.5, 0.6) is 0 Å². The molecule has 0 amide bonds. The Morgan fingerprint density at radius 2 is 2.31 bits per heavy atom. The molecule has 1 rings (SSSR count). The molecule has 0 spiro atoms. The molecule has 0 bridgehead atoms. The third-order valence-corrected chi connectivity index (χ3v) is 1.66. The first-order valence-electron chi connectivity index (χ1n) is 4.33. The largest absolute Gasteiger partial charge is 0.396 e. The van der Waals surface area contributed by atoms with Crippen LogP contribution in [0.3, 0.4) is 0 Å². The van der Waals surface area contributed by atoms with Crippen LogP contribution < -0.4 is 0 Å². The van der Waals surface area contributed by atoms with E-state index in [1.807, 2.05) is 32.9 Å². The van der Waals surface area contributed by atoms with Gasteiger partial charge in [-0.2, -0.15) is 0 Å². The van der Waals surface area contributed by atoms with Crippen molar-refractivity contribution in [1.82, 2.24) is 4.98 Å². The number of oxime groups is 1. The molecule has 3 heteroatoms. The van der Waals surface area contributed by atoms with Crippen LogP contribution in [0, 0.1) is 6.92 Å². The lowest BCUT2D eigenvalue weighted by molar-refractivity contribution is 0.159. The first kappa shape index (κ1) is 9.71. The number of hydrogen-bond donors (Lipinski definition) is 0. The topological polar surface area (TPSA) is 34.5 Å². The summed E-state index contributed by atoms with van der Waals surface area (Å²) in [6.45, 7) is 6.36. The maximum Gasteiger partial charge on any atom is 0.114 e. The molecule has 0 aliphatic heterocycles. The van der Waals surface area contributed by atoms with Gasteiger partial charge >= 0.3 is 0 Å². The maximum absolute atomic E-state index is 4.94. The van der Waals surface area contributed by atoms with Gasteiger partial charge < -0.3 is 4.84 Å². The lowest BCUT2D eigenvalue weighted by atomic mass is 10.2. The van der Waals surface area contributed by atoms with Crippen LogP contribution >= 0.6 is 0 Å². The van der Waals surface area contributed by atoms with Crippen molar-refractivity contribution < 1.29 is 4.84 Å². The van der Waals surface area contributed by atoms with Gasteiger partial charge in [0, 0.05) is 17.5 Å². The van der Waals surface area contributed by atoms with E-state index >= 15 is 0 Å². The van der Waals surface area contributed by atoms with Crippen molar-refractivity contribution in [2.24, 2.45) is 5.16 Å². The van der Waals surface area contributed by atoms with Crippen molar-refractivity contribution in [1.29, 1.82) is 0 Å². The number of rotatable bonds is 3. The Morgan fingerprint density at radius 1 is 1.54 bits per heavy atom. The van der Waals surface area contributed by atoms with E-state index in [1.54, 1.807) is 6.20 Å². The van der Waals surface area contributed by atoms with Gasteiger partial charge in [-0.3, -0.25) is 4.98 Å². The normalized spacial score (nSPS) is 11.5. The smallest absolute Gasteiger partial charge is 0.114 e. The lowest BCUT2D eigenvalue weighted by Gasteiger charge is -2.00. The SMILES string of the molecule is CCON=C(C)c1ccc(C)nc1. The maximum atomic E-state index is 4.94. The second kappa shape index (κ2) is 4.60. The molecule has 0 aliphatic carbocycles. The molecule has 1 aromatic heterocycles. The monoisotopic (exact) mass is 178 g/mol. The second-order valence-electron chi connectivity index (χ2n) is 2.78. The fourth-order valence-corrected chi connectivity index (χ4v) is 0.896.